The molecule has 7 nitrogen and oxygen atoms in total. The number of nitrogens with one attached hydrogen (secondary N) is 2. The third-order valence-corrected chi connectivity index (χ3v) is 6.63. The molecular formula is C23H25N5O2S. The maximum Gasteiger partial charge on any atom is 0.227 e. The maximum atomic E-state index is 12.4. The molecule has 2 N–H and O–H groups in total. The van der Waals surface area contributed by atoms with Gasteiger partial charge in [0, 0.05) is 54.1 Å². The van der Waals surface area contributed by atoms with Gasteiger partial charge in [0.1, 0.15) is 0 Å². The van der Waals surface area contributed by atoms with Gasteiger partial charge in [-0.25, -0.2) is 9.97 Å². The number of carbonyl (C=O) groups is 1. The lowest BCUT2D eigenvalue weighted by Crippen LogP contribution is -2.38. The monoisotopic (exact) mass is 435 g/mol. The Balaban J connectivity index is 1.23. The molecule has 0 saturated carbocycles. The molecule has 0 atom stereocenters. The molecule has 3 aromatic rings. The lowest BCUT2D eigenvalue weighted by molar-refractivity contribution is -0.116. The van der Waals surface area contributed by atoms with Crippen LogP contribution in [0.15, 0.2) is 41.9 Å². The molecule has 1 aromatic carbocycles. The second-order valence-corrected chi connectivity index (χ2v) is 8.78. The number of nitrogens with zero attached hydrogens (tertiary/aromatic N) is 3. The van der Waals surface area contributed by atoms with Crippen molar-refractivity contribution in [1.29, 1.82) is 0 Å². The Morgan fingerprint density at radius 3 is 2.94 bits per heavy atom. The normalized spacial score (nSPS) is 15.7. The van der Waals surface area contributed by atoms with Gasteiger partial charge in [0.05, 0.1) is 18.9 Å². The van der Waals surface area contributed by atoms with Gasteiger partial charge >= 0.3 is 0 Å². The van der Waals surface area contributed by atoms with Crippen LogP contribution in [-0.2, 0) is 22.4 Å². The average Bonchev–Trinajstić information content (AvgIpc) is 3.28. The van der Waals surface area contributed by atoms with Crippen LogP contribution in [0.2, 0.25) is 0 Å². The summed E-state index contributed by atoms with van der Waals surface area (Å²) >= 11 is 1.79. The van der Waals surface area contributed by atoms with E-state index >= 15 is 0 Å². The van der Waals surface area contributed by atoms with Crippen LogP contribution in [0.3, 0.4) is 0 Å². The second-order valence-electron chi connectivity index (χ2n) is 7.78. The summed E-state index contributed by atoms with van der Waals surface area (Å²) in [6.45, 7) is 4.02. The molecule has 0 bridgehead atoms. The van der Waals surface area contributed by atoms with Crippen LogP contribution in [0, 0.1) is 0 Å². The largest absolute Gasteiger partial charge is 0.379 e. The summed E-state index contributed by atoms with van der Waals surface area (Å²) in [6.07, 6.45) is 4.43. The van der Waals surface area contributed by atoms with Crippen molar-refractivity contribution in [3.8, 4) is 11.3 Å². The van der Waals surface area contributed by atoms with E-state index in [2.05, 4.69) is 32.0 Å². The number of thiophene rings is 1. The van der Waals surface area contributed by atoms with E-state index in [1.54, 1.807) is 11.3 Å². The highest BCUT2D eigenvalue weighted by Crippen LogP contribution is 2.35. The zero-order chi connectivity index (χ0) is 21.0. The van der Waals surface area contributed by atoms with E-state index in [4.69, 9.17) is 9.72 Å². The highest BCUT2D eigenvalue weighted by molar-refractivity contribution is 7.10. The number of benzene rings is 1. The summed E-state index contributed by atoms with van der Waals surface area (Å²) in [5.41, 5.74) is 5.03. The smallest absolute Gasteiger partial charge is 0.227 e. The molecule has 2 aliphatic rings. The van der Waals surface area contributed by atoms with Gasteiger partial charge in [0.2, 0.25) is 11.9 Å². The number of fused-ring (bicyclic) bond motifs is 3. The summed E-state index contributed by atoms with van der Waals surface area (Å²) in [5, 5.41) is 8.40. The predicted molar refractivity (Wildman–Crippen MR) is 123 cm³/mol. The number of anilines is 3. The van der Waals surface area contributed by atoms with E-state index in [0.717, 1.165) is 62.8 Å². The summed E-state index contributed by atoms with van der Waals surface area (Å²) < 4.78 is 5.35. The highest BCUT2D eigenvalue weighted by Gasteiger charge is 2.19. The fourth-order valence-electron chi connectivity index (χ4n) is 3.99. The Morgan fingerprint density at radius 2 is 2.03 bits per heavy atom. The van der Waals surface area contributed by atoms with Crippen molar-refractivity contribution in [3.05, 3.63) is 52.3 Å². The van der Waals surface area contributed by atoms with E-state index in [1.807, 2.05) is 30.5 Å². The molecule has 3 heterocycles. The number of aromatic nitrogens is 2. The summed E-state index contributed by atoms with van der Waals surface area (Å²) in [7, 11) is 0. The Labute approximate surface area is 185 Å². The molecule has 160 valence electrons. The highest BCUT2D eigenvalue weighted by atomic mass is 32.1. The molecule has 1 amide bonds. The minimum absolute atomic E-state index is 0.0126. The van der Waals surface area contributed by atoms with Crippen molar-refractivity contribution in [2.24, 2.45) is 0 Å². The molecule has 0 unspecified atom stereocenters. The van der Waals surface area contributed by atoms with Crippen molar-refractivity contribution >= 4 is 34.6 Å². The van der Waals surface area contributed by atoms with Gasteiger partial charge in [-0.2, -0.15) is 0 Å². The van der Waals surface area contributed by atoms with Crippen LogP contribution < -0.4 is 10.6 Å². The average molecular weight is 436 g/mol. The predicted octanol–water partition coefficient (Wildman–Crippen LogP) is 3.71. The third kappa shape index (κ3) is 4.76. The van der Waals surface area contributed by atoms with Crippen LogP contribution in [0.5, 0.6) is 0 Å². The molecule has 0 radical (unpaired) electrons. The van der Waals surface area contributed by atoms with Crippen LogP contribution >= 0.6 is 11.3 Å². The Morgan fingerprint density at radius 1 is 1.16 bits per heavy atom. The molecular weight excluding hydrogens is 410 g/mol. The zero-order valence-electron chi connectivity index (χ0n) is 17.3. The first-order valence-corrected chi connectivity index (χ1v) is 11.5. The van der Waals surface area contributed by atoms with Gasteiger partial charge in [-0.15, -0.1) is 11.3 Å². The molecule has 1 aliphatic carbocycles. The molecule has 2 aromatic heterocycles. The number of hydrogen-bond donors (Lipinski definition) is 2. The van der Waals surface area contributed by atoms with E-state index in [0.29, 0.717) is 12.4 Å². The van der Waals surface area contributed by atoms with Crippen molar-refractivity contribution < 1.29 is 9.53 Å². The van der Waals surface area contributed by atoms with Gasteiger partial charge in [0.15, 0.2) is 0 Å². The molecule has 1 aliphatic heterocycles. The van der Waals surface area contributed by atoms with Crippen molar-refractivity contribution in [2.75, 3.05) is 43.5 Å². The number of amides is 1. The van der Waals surface area contributed by atoms with Gasteiger partial charge in [-0.05, 0) is 48.1 Å². The Hall–Kier alpha value is -2.81. The topological polar surface area (TPSA) is 79.4 Å². The number of rotatable bonds is 6. The first-order valence-electron chi connectivity index (χ1n) is 10.6. The SMILES string of the molecule is O=C(CCN1CCOCC1)Nc1cccc(Nc2ncc3c(n2)-c2ccsc2CC3)c1. The van der Waals surface area contributed by atoms with Gasteiger partial charge < -0.3 is 15.4 Å². The van der Waals surface area contributed by atoms with E-state index in [-0.39, 0.29) is 5.91 Å². The fourth-order valence-corrected chi connectivity index (χ4v) is 4.87. The van der Waals surface area contributed by atoms with Gasteiger partial charge in [-0.3, -0.25) is 9.69 Å². The molecule has 0 spiro atoms. The zero-order valence-corrected chi connectivity index (χ0v) is 18.1. The van der Waals surface area contributed by atoms with E-state index in [9.17, 15) is 4.79 Å². The quantitative estimate of drug-likeness (QED) is 0.615. The molecule has 8 heteroatoms. The molecule has 1 fully saturated rings. The third-order valence-electron chi connectivity index (χ3n) is 5.65. The number of aryl methyl sites for hydroxylation is 2. The van der Waals surface area contributed by atoms with Crippen molar-refractivity contribution in [1.82, 2.24) is 14.9 Å². The number of hydrogen-bond acceptors (Lipinski definition) is 7. The second kappa shape index (κ2) is 9.13. The first kappa shape index (κ1) is 20.1. The number of morpholine rings is 1. The van der Waals surface area contributed by atoms with Crippen LogP contribution in [0.4, 0.5) is 17.3 Å². The summed E-state index contributed by atoms with van der Waals surface area (Å²) in [5.74, 6) is 0.576. The standard InChI is InChI=1S/C23H25N5O2S/c29-21(6-8-28-9-11-30-12-10-28)25-17-2-1-3-18(14-17)26-23-24-15-16-4-5-20-19(7-13-31-20)22(16)27-23/h1-3,7,13-15H,4-6,8-12H2,(H,25,29)(H,24,26,27). The minimum Gasteiger partial charge on any atom is -0.379 e. The minimum atomic E-state index is 0.0126. The lowest BCUT2D eigenvalue weighted by Gasteiger charge is -2.26. The number of ether oxygens (including phenoxy) is 1. The van der Waals surface area contributed by atoms with Crippen molar-refractivity contribution in [3.63, 3.8) is 0 Å². The molecule has 31 heavy (non-hydrogen) atoms. The van der Waals surface area contributed by atoms with Crippen molar-refractivity contribution in [2.45, 2.75) is 19.3 Å². The maximum absolute atomic E-state index is 12.4. The van der Waals surface area contributed by atoms with Crippen LogP contribution in [0.1, 0.15) is 16.9 Å². The Bertz CT molecular complexity index is 1080. The van der Waals surface area contributed by atoms with E-state index in [1.165, 1.54) is 16.0 Å². The number of carbonyl (C=O) groups excluding carboxylic acids is 1. The van der Waals surface area contributed by atoms with Crippen LogP contribution in [-0.4, -0.2) is 53.6 Å². The lowest BCUT2D eigenvalue weighted by atomic mass is 9.96. The first-order chi connectivity index (χ1) is 15.2. The summed E-state index contributed by atoms with van der Waals surface area (Å²) in [4.78, 5) is 25.3. The fraction of sp³-hybridized carbons (Fsp3) is 0.348. The Kier molecular flexibility index (Phi) is 5.93. The summed E-state index contributed by atoms with van der Waals surface area (Å²) in [6, 6.07) is 9.80. The van der Waals surface area contributed by atoms with Gasteiger partial charge in [-0.1, -0.05) is 6.07 Å². The van der Waals surface area contributed by atoms with E-state index < -0.39 is 0 Å². The van der Waals surface area contributed by atoms with Crippen LogP contribution in [0.25, 0.3) is 11.3 Å². The molecule has 5 rings (SSSR count). The molecule has 1 saturated heterocycles. The van der Waals surface area contributed by atoms with Gasteiger partial charge in [0.25, 0.3) is 0 Å².